The van der Waals surface area contributed by atoms with Gasteiger partial charge in [-0.25, -0.2) is 4.57 Å². The van der Waals surface area contributed by atoms with Gasteiger partial charge in [0.1, 0.15) is 25.5 Å². The van der Waals surface area contributed by atoms with Crippen LogP contribution in [0.5, 0.6) is 0 Å². The molecule has 0 amide bonds. The number of rotatable bonds is 30. The molecule has 0 aromatic rings. The van der Waals surface area contributed by atoms with Crippen molar-refractivity contribution < 1.29 is 37.3 Å². The van der Waals surface area contributed by atoms with Gasteiger partial charge in [0.2, 0.25) is 0 Å². The van der Waals surface area contributed by atoms with Crippen molar-refractivity contribution in [1.29, 1.82) is 0 Å². The third-order valence-corrected chi connectivity index (χ3v) is 7.44. The number of hydrogen-bond donors (Lipinski definition) is 1. The zero-order valence-corrected chi connectivity index (χ0v) is 26.1. The van der Waals surface area contributed by atoms with Crippen LogP contribution in [0, 0.1) is 0 Å². The van der Waals surface area contributed by atoms with Crippen LogP contribution < -0.4 is 0 Å². The number of carbonyl (C=O) groups excluding carboxylic acids is 1. The Balaban J connectivity index is 3.96. The number of unbranched alkanes of at least 4 members (excludes halogenated alkanes) is 15. The molecule has 0 bridgehead atoms. The third kappa shape index (κ3) is 28.7. The van der Waals surface area contributed by atoms with E-state index in [1.165, 1.54) is 77.0 Å². The molecular formula is C29H61NO7P+. The molecule has 0 spiro atoms. The van der Waals surface area contributed by atoms with Gasteiger partial charge < -0.3 is 23.6 Å². The maximum Gasteiger partial charge on any atom is 0.472 e. The molecule has 0 heterocycles. The Morgan fingerprint density at radius 1 is 0.711 bits per heavy atom. The summed E-state index contributed by atoms with van der Waals surface area (Å²) in [5.74, 6) is 0. The Kier molecular flexibility index (Phi) is 25.4. The first-order valence-corrected chi connectivity index (χ1v) is 16.7. The van der Waals surface area contributed by atoms with Gasteiger partial charge in [0.25, 0.3) is 0 Å². The smallest absolute Gasteiger partial charge is 0.379 e. The average Bonchev–Trinajstić information content (AvgIpc) is 2.85. The molecule has 0 radical (unpaired) electrons. The molecule has 0 saturated heterocycles. The Morgan fingerprint density at radius 3 is 1.76 bits per heavy atom. The van der Waals surface area contributed by atoms with Gasteiger partial charge >= 0.3 is 7.82 Å². The first-order valence-electron chi connectivity index (χ1n) is 15.3. The van der Waals surface area contributed by atoms with Gasteiger partial charge in [-0.15, -0.1) is 0 Å². The third-order valence-electron chi connectivity index (χ3n) is 6.46. The van der Waals surface area contributed by atoms with Gasteiger partial charge in [0.05, 0.1) is 34.4 Å². The number of phosphoric acid groups is 1. The minimum atomic E-state index is -4.15. The molecule has 1 N–H and O–H groups in total. The van der Waals surface area contributed by atoms with E-state index < -0.39 is 13.9 Å². The second-order valence-electron chi connectivity index (χ2n) is 11.4. The molecule has 0 aromatic heterocycles. The van der Waals surface area contributed by atoms with Crippen LogP contribution in [0.2, 0.25) is 0 Å². The SMILES string of the molecule is CCCCCCCCCCCCCCCCOC[C@H](COP(=O)(O)OCC[N+](C)(C)C)OCCCCC=O. The second kappa shape index (κ2) is 25.6. The highest BCUT2D eigenvalue weighted by Gasteiger charge is 2.25. The molecule has 0 aliphatic carbocycles. The fourth-order valence-corrected chi connectivity index (χ4v) is 4.72. The van der Waals surface area contributed by atoms with E-state index >= 15 is 0 Å². The van der Waals surface area contributed by atoms with Gasteiger partial charge in [0, 0.05) is 19.6 Å². The lowest BCUT2D eigenvalue weighted by Gasteiger charge is -2.24. The predicted octanol–water partition coefficient (Wildman–Crippen LogP) is 7.08. The van der Waals surface area contributed by atoms with Crippen molar-refractivity contribution in [2.75, 3.05) is 60.7 Å². The summed E-state index contributed by atoms with van der Waals surface area (Å²) < 4.78 is 34.7. The maximum absolute atomic E-state index is 12.2. The van der Waals surface area contributed by atoms with Crippen molar-refractivity contribution in [1.82, 2.24) is 0 Å². The molecule has 0 fully saturated rings. The van der Waals surface area contributed by atoms with Gasteiger partial charge in [-0.1, -0.05) is 90.4 Å². The molecule has 2 atom stereocenters. The predicted molar refractivity (Wildman–Crippen MR) is 155 cm³/mol. The molecule has 9 heteroatoms. The van der Waals surface area contributed by atoms with Crippen molar-refractivity contribution in [3.8, 4) is 0 Å². The average molecular weight is 567 g/mol. The monoisotopic (exact) mass is 566 g/mol. The zero-order chi connectivity index (χ0) is 28.4. The Bertz CT molecular complexity index is 572. The van der Waals surface area contributed by atoms with Crippen LogP contribution >= 0.6 is 7.82 Å². The maximum atomic E-state index is 12.2. The molecule has 0 rings (SSSR count). The summed E-state index contributed by atoms with van der Waals surface area (Å²) in [5.41, 5.74) is 0. The number of aldehydes is 1. The van der Waals surface area contributed by atoms with Gasteiger partial charge in [-0.2, -0.15) is 0 Å². The van der Waals surface area contributed by atoms with Gasteiger partial charge in [-0.3, -0.25) is 9.05 Å². The van der Waals surface area contributed by atoms with Crippen LogP contribution in [0.25, 0.3) is 0 Å². The molecule has 0 aliphatic heterocycles. The van der Waals surface area contributed by atoms with E-state index in [4.69, 9.17) is 18.5 Å². The molecule has 0 aromatic carbocycles. The lowest BCUT2D eigenvalue weighted by atomic mass is 10.0. The molecule has 228 valence electrons. The number of phosphoric ester groups is 1. The van der Waals surface area contributed by atoms with Crippen molar-refractivity contribution >= 4 is 14.1 Å². The van der Waals surface area contributed by atoms with E-state index in [-0.39, 0.29) is 13.2 Å². The van der Waals surface area contributed by atoms with Crippen LogP contribution in [-0.4, -0.2) is 82.5 Å². The molecule has 8 nitrogen and oxygen atoms in total. The fourth-order valence-electron chi connectivity index (χ4n) is 3.98. The Morgan fingerprint density at radius 2 is 1.24 bits per heavy atom. The van der Waals surface area contributed by atoms with Crippen LogP contribution in [0.1, 0.15) is 116 Å². The number of quaternary nitrogens is 1. The van der Waals surface area contributed by atoms with E-state index in [0.29, 0.717) is 37.3 Å². The first-order chi connectivity index (χ1) is 18.2. The van der Waals surface area contributed by atoms with E-state index in [0.717, 1.165) is 32.0 Å². The van der Waals surface area contributed by atoms with Crippen LogP contribution in [0.15, 0.2) is 0 Å². The molecule has 0 aliphatic rings. The lowest BCUT2D eigenvalue weighted by molar-refractivity contribution is -0.870. The standard InChI is InChI=1S/C29H60NO7P/c1-5-6-7-8-9-10-11-12-13-14-15-16-17-20-24-34-27-29(35-25-21-18-19-23-31)28-37-38(32,33)36-26-22-30(2,3)4/h23,29H,5-22,24-28H2,1-4H3/p+1/t29-/m1/s1. The van der Waals surface area contributed by atoms with E-state index in [9.17, 15) is 14.3 Å². The molecular weight excluding hydrogens is 505 g/mol. The summed E-state index contributed by atoms with van der Waals surface area (Å²) in [4.78, 5) is 20.5. The normalized spacial score (nSPS) is 14.4. The molecule has 1 unspecified atom stereocenters. The van der Waals surface area contributed by atoms with E-state index in [2.05, 4.69) is 6.92 Å². The van der Waals surface area contributed by atoms with Gasteiger partial charge in [0.15, 0.2) is 0 Å². The van der Waals surface area contributed by atoms with Crippen molar-refractivity contribution in [3.05, 3.63) is 0 Å². The van der Waals surface area contributed by atoms with Crippen LogP contribution in [0.3, 0.4) is 0 Å². The molecule has 38 heavy (non-hydrogen) atoms. The number of ether oxygens (including phenoxy) is 2. The van der Waals surface area contributed by atoms with E-state index in [1.54, 1.807) is 0 Å². The minimum absolute atomic E-state index is 0.0788. The highest BCUT2D eigenvalue weighted by Crippen LogP contribution is 2.43. The highest BCUT2D eigenvalue weighted by molar-refractivity contribution is 7.47. The number of carbonyl (C=O) groups is 1. The zero-order valence-electron chi connectivity index (χ0n) is 25.2. The Hall–Kier alpha value is -0.340. The second-order valence-corrected chi connectivity index (χ2v) is 12.9. The summed E-state index contributed by atoms with van der Waals surface area (Å²) in [6.07, 6.45) is 20.9. The molecule has 0 saturated carbocycles. The summed E-state index contributed by atoms with van der Waals surface area (Å²) in [5, 5.41) is 0. The van der Waals surface area contributed by atoms with Crippen LogP contribution in [0.4, 0.5) is 0 Å². The quantitative estimate of drug-likeness (QED) is 0.0430. The number of nitrogens with zero attached hydrogens (tertiary/aromatic N) is 1. The first kappa shape index (κ1) is 37.7. The van der Waals surface area contributed by atoms with Crippen LogP contribution in [-0.2, 0) is 27.9 Å². The summed E-state index contributed by atoms with van der Waals surface area (Å²) in [6, 6.07) is 0. The van der Waals surface area contributed by atoms with Gasteiger partial charge in [-0.05, 0) is 19.3 Å². The summed E-state index contributed by atoms with van der Waals surface area (Å²) in [6.45, 7) is 4.29. The minimum Gasteiger partial charge on any atom is -0.379 e. The fraction of sp³-hybridized carbons (Fsp3) is 0.966. The van der Waals surface area contributed by atoms with Crippen molar-refractivity contribution in [3.63, 3.8) is 0 Å². The topological polar surface area (TPSA) is 91.3 Å². The van der Waals surface area contributed by atoms with E-state index in [1.807, 2.05) is 21.1 Å². The number of hydrogen-bond acceptors (Lipinski definition) is 6. The Labute approximate surface area is 234 Å². The summed E-state index contributed by atoms with van der Waals surface area (Å²) in [7, 11) is 1.80. The largest absolute Gasteiger partial charge is 0.472 e. The van der Waals surface area contributed by atoms with Crippen molar-refractivity contribution in [2.45, 2.75) is 122 Å². The highest BCUT2D eigenvalue weighted by atomic mass is 31.2. The number of likely N-dealkylation sites (N-methyl/N-ethyl adjacent to an activating group) is 1. The lowest BCUT2D eigenvalue weighted by Crippen LogP contribution is -2.37. The van der Waals surface area contributed by atoms with Crippen molar-refractivity contribution in [2.24, 2.45) is 0 Å². The summed E-state index contributed by atoms with van der Waals surface area (Å²) >= 11 is 0.